The second kappa shape index (κ2) is 7.10. The van der Waals surface area contributed by atoms with E-state index in [0.717, 1.165) is 8.95 Å². The van der Waals surface area contributed by atoms with E-state index in [-0.39, 0.29) is 24.0 Å². The van der Waals surface area contributed by atoms with Gasteiger partial charge in [0.25, 0.3) is 11.6 Å². The van der Waals surface area contributed by atoms with E-state index in [9.17, 15) is 10.1 Å². The van der Waals surface area contributed by atoms with E-state index in [0.29, 0.717) is 11.3 Å². The molecule has 3 rings (SSSR count). The summed E-state index contributed by atoms with van der Waals surface area (Å²) >= 11 is 6.76. The lowest BCUT2D eigenvalue weighted by Crippen LogP contribution is -1.96. The van der Waals surface area contributed by atoms with E-state index in [1.807, 2.05) is 12.1 Å². The fourth-order valence-electron chi connectivity index (χ4n) is 1.92. The molecule has 0 spiro atoms. The van der Waals surface area contributed by atoms with Crippen molar-refractivity contribution in [2.45, 2.75) is 6.61 Å². The van der Waals surface area contributed by atoms with Gasteiger partial charge in [-0.05, 0) is 34.1 Å². The zero-order chi connectivity index (χ0) is 17.1. The number of nitro groups is 1. The summed E-state index contributed by atoms with van der Waals surface area (Å²) in [5.74, 6) is 1.17. The van der Waals surface area contributed by atoms with Crippen LogP contribution < -0.4 is 4.74 Å². The maximum absolute atomic E-state index is 10.8. The Labute approximate surface area is 153 Å². The Morgan fingerprint density at radius 1 is 1.21 bits per heavy atom. The van der Waals surface area contributed by atoms with Crippen molar-refractivity contribution in [1.82, 2.24) is 10.1 Å². The standard InChI is InChI=1S/C15H9Br2N3O4/c16-10-4-5-13(12(17)7-10)23-8-14-18-15(19-24-14)9-2-1-3-11(6-9)20(21)22/h1-7H,8H2. The third-order valence-corrected chi connectivity index (χ3v) is 4.14. The van der Waals surface area contributed by atoms with Gasteiger partial charge in [0.05, 0.1) is 9.40 Å². The molecule has 1 heterocycles. The molecule has 9 heteroatoms. The fraction of sp³-hybridized carbons (Fsp3) is 0.0667. The molecule has 0 aliphatic heterocycles. The first-order valence-electron chi connectivity index (χ1n) is 6.68. The van der Waals surface area contributed by atoms with Crippen molar-refractivity contribution in [3.05, 3.63) is 67.4 Å². The topological polar surface area (TPSA) is 91.3 Å². The summed E-state index contributed by atoms with van der Waals surface area (Å²) in [5, 5.41) is 14.6. The van der Waals surface area contributed by atoms with E-state index in [2.05, 4.69) is 42.0 Å². The number of rotatable bonds is 5. The molecule has 0 aliphatic rings. The predicted molar refractivity (Wildman–Crippen MR) is 92.6 cm³/mol. The predicted octanol–water partition coefficient (Wildman–Crippen LogP) is 4.75. The van der Waals surface area contributed by atoms with Gasteiger partial charge in [0.15, 0.2) is 6.61 Å². The number of nitrogens with zero attached hydrogens (tertiary/aromatic N) is 3. The van der Waals surface area contributed by atoms with Crippen molar-refractivity contribution < 1.29 is 14.2 Å². The van der Waals surface area contributed by atoms with E-state index in [1.54, 1.807) is 18.2 Å². The zero-order valence-corrected chi connectivity index (χ0v) is 15.2. The van der Waals surface area contributed by atoms with Gasteiger partial charge in [-0.2, -0.15) is 4.98 Å². The minimum absolute atomic E-state index is 0.0334. The number of aromatic nitrogens is 2. The average molecular weight is 455 g/mol. The molecule has 1 aromatic heterocycles. The molecule has 3 aromatic rings. The summed E-state index contributed by atoms with van der Waals surface area (Å²) in [7, 11) is 0. The van der Waals surface area contributed by atoms with Gasteiger partial charge in [0, 0.05) is 22.2 Å². The highest BCUT2D eigenvalue weighted by Gasteiger charge is 2.13. The Bertz CT molecular complexity index is 898. The van der Waals surface area contributed by atoms with Gasteiger partial charge in [0.1, 0.15) is 5.75 Å². The van der Waals surface area contributed by atoms with Crippen LogP contribution in [0.25, 0.3) is 11.4 Å². The molecule has 0 bridgehead atoms. The molecule has 122 valence electrons. The lowest BCUT2D eigenvalue weighted by atomic mass is 10.2. The molecule has 0 amide bonds. The maximum Gasteiger partial charge on any atom is 0.270 e. The Morgan fingerprint density at radius 3 is 2.79 bits per heavy atom. The van der Waals surface area contributed by atoms with Crippen LogP contribution in [0.5, 0.6) is 5.75 Å². The van der Waals surface area contributed by atoms with Crippen LogP contribution in [0.4, 0.5) is 5.69 Å². The summed E-state index contributed by atoms with van der Waals surface area (Å²) in [4.78, 5) is 14.5. The number of benzene rings is 2. The molecule has 0 N–H and O–H groups in total. The molecule has 2 aromatic carbocycles. The lowest BCUT2D eigenvalue weighted by Gasteiger charge is -2.05. The molecule has 0 saturated carbocycles. The van der Waals surface area contributed by atoms with Gasteiger partial charge in [-0.1, -0.05) is 33.2 Å². The first kappa shape index (κ1) is 16.6. The van der Waals surface area contributed by atoms with Crippen LogP contribution in [0.1, 0.15) is 5.89 Å². The van der Waals surface area contributed by atoms with Gasteiger partial charge in [-0.3, -0.25) is 10.1 Å². The van der Waals surface area contributed by atoms with Gasteiger partial charge >= 0.3 is 0 Å². The number of nitro benzene ring substituents is 1. The summed E-state index contributed by atoms with van der Waals surface area (Å²) in [6.45, 7) is 0.0855. The molecule has 0 atom stereocenters. The Morgan fingerprint density at radius 2 is 2.04 bits per heavy atom. The second-order valence-corrected chi connectivity index (χ2v) is 6.45. The van der Waals surface area contributed by atoms with Crippen LogP contribution in [0.2, 0.25) is 0 Å². The van der Waals surface area contributed by atoms with E-state index < -0.39 is 4.92 Å². The number of non-ortho nitro benzene ring substituents is 1. The van der Waals surface area contributed by atoms with Crippen molar-refractivity contribution in [3.63, 3.8) is 0 Å². The monoisotopic (exact) mass is 453 g/mol. The molecular formula is C15H9Br2N3O4. The maximum atomic E-state index is 10.8. The van der Waals surface area contributed by atoms with Gasteiger partial charge in [-0.25, -0.2) is 0 Å². The van der Waals surface area contributed by atoms with E-state index in [1.165, 1.54) is 12.1 Å². The summed E-state index contributed by atoms with van der Waals surface area (Å²) in [6.07, 6.45) is 0. The molecule has 0 saturated heterocycles. The van der Waals surface area contributed by atoms with Crippen LogP contribution in [-0.4, -0.2) is 15.1 Å². The molecule has 24 heavy (non-hydrogen) atoms. The van der Waals surface area contributed by atoms with Crippen LogP contribution in [0.3, 0.4) is 0 Å². The third-order valence-electron chi connectivity index (χ3n) is 3.03. The summed E-state index contributed by atoms with van der Waals surface area (Å²) < 4.78 is 12.5. The van der Waals surface area contributed by atoms with Crippen LogP contribution >= 0.6 is 31.9 Å². The van der Waals surface area contributed by atoms with Crippen molar-refractivity contribution in [2.24, 2.45) is 0 Å². The summed E-state index contributed by atoms with van der Waals surface area (Å²) in [5.41, 5.74) is 0.470. The van der Waals surface area contributed by atoms with Crippen molar-refractivity contribution in [1.29, 1.82) is 0 Å². The smallest absolute Gasteiger partial charge is 0.270 e. The summed E-state index contributed by atoms with van der Waals surface area (Å²) in [6, 6.07) is 11.5. The Kier molecular flexibility index (Phi) is 4.91. The first-order valence-corrected chi connectivity index (χ1v) is 8.27. The molecule has 7 nitrogen and oxygen atoms in total. The Balaban J connectivity index is 1.74. The number of ether oxygens (including phenoxy) is 1. The molecule has 0 radical (unpaired) electrons. The molecule has 0 aliphatic carbocycles. The molecule has 0 unspecified atom stereocenters. The van der Waals surface area contributed by atoms with Gasteiger partial charge in [-0.15, -0.1) is 0 Å². The quantitative estimate of drug-likeness (QED) is 0.408. The SMILES string of the molecule is O=[N+]([O-])c1cccc(-c2noc(COc3ccc(Br)cc3Br)n2)c1. The van der Waals surface area contributed by atoms with Crippen LogP contribution in [0.15, 0.2) is 55.9 Å². The highest BCUT2D eigenvalue weighted by molar-refractivity contribution is 9.11. The van der Waals surface area contributed by atoms with Crippen molar-refractivity contribution in [2.75, 3.05) is 0 Å². The molecular weight excluding hydrogens is 446 g/mol. The van der Waals surface area contributed by atoms with Crippen LogP contribution in [-0.2, 0) is 6.61 Å². The number of hydrogen-bond acceptors (Lipinski definition) is 6. The average Bonchev–Trinajstić information content (AvgIpc) is 3.03. The highest BCUT2D eigenvalue weighted by Crippen LogP contribution is 2.29. The Hall–Kier alpha value is -2.26. The first-order chi connectivity index (χ1) is 11.5. The van der Waals surface area contributed by atoms with E-state index >= 15 is 0 Å². The minimum atomic E-state index is -0.474. The van der Waals surface area contributed by atoms with Crippen LogP contribution in [0, 0.1) is 10.1 Å². The number of halogens is 2. The fourth-order valence-corrected chi connectivity index (χ4v) is 3.08. The highest BCUT2D eigenvalue weighted by atomic mass is 79.9. The van der Waals surface area contributed by atoms with Gasteiger partial charge < -0.3 is 9.26 Å². The molecule has 0 fully saturated rings. The second-order valence-electron chi connectivity index (χ2n) is 4.68. The number of hydrogen-bond donors (Lipinski definition) is 0. The lowest BCUT2D eigenvalue weighted by molar-refractivity contribution is -0.384. The zero-order valence-electron chi connectivity index (χ0n) is 12.0. The van der Waals surface area contributed by atoms with E-state index in [4.69, 9.17) is 9.26 Å². The minimum Gasteiger partial charge on any atom is -0.483 e. The van der Waals surface area contributed by atoms with Crippen molar-refractivity contribution >= 4 is 37.5 Å². The largest absolute Gasteiger partial charge is 0.483 e. The third kappa shape index (κ3) is 3.80. The van der Waals surface area contributed by atoms with Gasteiger partial charge in [0.2, 0.25) is 5.82 Å². The normalized spacial score (nSPS) is 10.6. The van der Waals surface area contributed by atoms with Crippen molar-refractivity contribution in [3.8, 4) is 17.1 Å².